The van der Waals surface area contributed by atoms with Crippen LogP contribution in [0.3, 0.4) is 0 Å². The van der Waals surface area contributed by atoms with Gasteiger partial charge in [-0.25, -0.2) is 0 Å². The average molecular weight is 210 g/mol. The molecule has 0 spiro atoms. The van der Waals surface area contributed by atoms with Crippen LogP contribution in [0.2, 0.25) is 0 Å². The van der Waals surface area contributed by atoms with Crippen molar-refractivity contribution in [2.45, 2.75) is 39.3 Å². The van der Waals surface area contributed by atoms with Crippen molar-refractivity contribution in [3.8, 4) is 0 Å². The van der Waals surface area contributed by atoms with E-state index in [-0.39, 0.29) is 7.92 Å². The molecule has 0 saturated heterocycles. The third-order valence-electron chi connectivity index (χ3n) is 2.21. The van der Waals surface area contributed by atoms with Crippen molar-refractivity contribution in [3.05, 3.63) is 36.2 Å². The normalized spacial score (nSPS) is 15.9. The summed E-state index contributed by atoms with van der Waals surface area (Å²) < 4.78 is 0. The van der Waals surface area contributed by atoms with Crippen LogP contribution >= 0.6 is 7.92 Å². The maximum atomic E-state index is 3.77. The summed E-state index contributed by atoms with van der Waals surface area (Å²) in [5.74, 6) is 0. The first-order chi connectivity index (χ1) is 6.43. The summed E-state index contributed by atoms with van der Waals surface area (Å²) in [7, 11) is -0.0995. The Morgan fingerprint density at radius 2 is 1.93 bits per heavy atom. The molecule has 14 heavy (non-hydrogen) atoms. The van der Waals surface area contributed by atoms with Gasteiger partial charge in [0.25, 0.3) is 0 Å². The fourth-order valence-corrected chi connectivity index (χ4v) is 2.46. The maximum Gasteiger partial charge on any atom is -0.0142 e. The van der Waals surface area contributed by atoms with Gasteiger partial charge in [0.2, 0.25) is 0 Å². The van der Waals surface area contributed by atoms with Crippen molar-refractivity contribution in [1.29, 1.82) is 0 Å². The summed E-state index contributed by atoms with van der Waals surface area (Å²) in [6.45, 7) is 15.2. The monoisotopic (exact) mass is 210 g/mol. The minimum Gasteiger partial charge on any atom is -0.0990 e. The zero-order chi connectivity index (χ0) is 11.2. The smallest absolute Gasteiger partial charge is 0.0142 e. The van der Waals surface area contributed by atoms with Crippen LogP contribution in [-0.4, -0.2) is 11.8 Å². The average Bonchev–Trinajstić information content (AvgIpc) is 2.09. The highest BCUT2D eigenvalue weighted by molar-refractivity contribution is 7.63. The first-order valence-corrected chi connectivity index (χ1v) is 6.95. The summed E-state index contributed by atoms with van der Waals surface area (Å²) >= 11 is 0. The maximum absolute atomic E-state index is 3.77. The molecule has 0 rings (SSSR count). The lowest BCUT2D eigenvalue weighted by Gasteiger charge is -2.28. The minimum absolute atomic E-state index is 0.0995. The first-order valence-electron chi connectivity index (χ1n) is 5.16. The van der Waals surface area contributed by atoms with E-state index in [4.69, 9.17) is 0 Å². The Labute approximate surface area is 90.5 Å². The lowest BCUT2D eigenvalue weighted by atomic mass is 10.3. The summed E-state index contributed by atoms with van der Waals surface area (Å²) in [4.78, 5) is 0. The fraction of sp³-hybridized carbons (Fsp3) is 0.538. The van der Waals surface area contributed by atoms with E-state index in [0.717, 1.165) is 6.42 Å². The molecular formula is C13H23P. The van der Waals surface area contributed by atoms with E-state index in [9.17, 15) is 0 Å². The van der Waals surface area contributed by atoms with E-state index in [0.29, 0.717) is 5.16 Å². The summed E-state index contributed by atoms with van der Waals surface area (Å²) in [5.41, 5.74) is 0. The Bertz CT molecular complexity index is 228. The van der Waals surface area contributed by atoms with Gasteiger partial charge in [-0.05, 0) is 23.6 Å². The molecule has 0 aliphatic rings. The van der Waals surface area contributed by atoms with Crippen molar-refractivity contribution in [3.63, 3.8) is 0 Å². The van der Waals surface area contributed by atoms with Gasteiger partial charge in [0, 0.05) is 0 Å². The van der Waals surface area contributed by atoms with Crippen LogP contribution in [0.25, 0.3) is 0 Å². The quantitative estimate of drug-likeness (QED) is 0.455. The second-order valence-corrected chi connectivity index (χ2v) is 7.34. The molecule has 0 aliphatic heterocycles. The molecule has 0 nitrogen and oxygen atoms in total. The molecule has 80 valence electrons. The molecule has 0 fully saturated rings. The van der Waals surface area contributed by atoms with Crippen LogP contribution in [-0.2, 0) is 0 Å². The lowest BCUT2D eigenvalue weighted by Crippen LogP contribution is -2.10. The van der Waals surface area contributed by atoms with Gasteiger partial charge in [0.05, 0.1) is 0 Å². The molecule has 1 atom stereocenters. The van der Waals surface area contributed by atoms with E-state index < -0.39 is 0 Å². The molecule has 1 heteroatoms. The predicted octanol–water partition coefficient (Wildman–Crippen LogP) is 4.93. The van der Waals surface area contributed by atoms with E-state index in [1.807, 2.05) is 6.08 Å². The van der Waals surface area contributed by atoms with Crippen LogP contribution in [0, 0.1) is 0 Å². The number of allylic oxidation sites excluding steroid dienone is 5. The summed E-state index contributed by atoms with van der Waals surface area (Å²) in [5, 5.41) is 1.81. The number of hydrogen-bond donors (Lipinski definition) is 0. The van der Waals surface area contributed by atoms with Crippen molar-refractivity contribution in [2.24, 2.45) is 0 Å². The Kier molecular flexibility index (Phi) is 6.04. The van der Waals surface area contributed by atoms with Crippen LogP contribution in [0.15, 0.2) is 36.2 Å². The van der Waals surface area contributed by atoms with Gasteiger partial charge in [-0.2, -0.15) is 0 Å². The van der Waals surface area contributed by atoms with Crippen LogP contribution in [0.1, 0.15) is 34.1 Å². The lowest BCUT2D eigenvalue weighted by molar-refractivity contribution is 0.789. The highest BCUT2D eigenvalue weighted by atomic mass is 31.1. The minimum atomic E-state index is -0.0995. The van der Waals surface area contributed by atoms with Crippen molar-refractivity contribution < 1.29 is 0 Å². The Morgan fingerprint density at radius 1 is 1.36 bits per heavy atom. The van der Waals surface area contributed by atoms with Crippen molar-refractivity contribution >= 4 is 7.92 Å². The summed E-state index contributed by atoms with van der Waals surface area (Å²) in [6.07, 6.45) is 9.60. The molecule has 0 aromatic carbocycles. The number of rotatable bonds is 4. The van der Waals surface area contributed by atoms with Crippen LogP contribution < -0.4 is 0 Å². The molecule has 0 aromatic rings. The van der Waals surface area contributed by atoms with Crippen LogP contribution in [0.4, 0.5) is 0 Å². The molecule has 1 unspecified atom stereocenters. The molecule has 0 radical (unpaired) electrons. The van der Waals surface area contributed by atoms with Crippen molar-refractivity contribution in [1.82, 2.24) is 0 Å². The van der Waals surface area contributed by atoms with Crippen LogP contribution in [0.5, 0.6) is 0 Å². The standard InChI is InChI=1S/C13H23P/c1-7-9-11-12(10-8-2)14(6)13(3,4)5/h8-11H,2,7H2,1,3-6H3/b11-9-,12-10+. The summed E-state index contributed by atoms with van der Waals surface area (Å²) in [6, 6.07) is 0. The third kappa shape index (κ3) is 4.77. The second kappa shape index (κ2) is 6.19. The largest absolute Gasteiger partial charge is 0.0990 e. The van der Waals surface area contributed by atoms with E-state index >= 15 is 0 Å². The van der Waals surface area contributed by atoms with Gasteiger partial charge in [0.1, 0.15) is 0 Å². The SMILES string of the molecule is C=C/C=C(\C=C/CC)P(C)C(C)(C)C. The molecule has 0 aliphatic carbocycles. The zero-order valence-electron chi connectivity index (χ0n) is 10.2. The highest BCUT2D eigenvalue weighted by Gasteiger charge is 2.21. The molecule has 0 heterocycles. The van der Waals surface area contributed by atoms with Gasteiger partial charge < -0.3 is 0 Å². The van der Waals surface area contributed by atoms with Gasteiger partial charge in [0.15, 0.2) is 0 Å². The van der Waals surface area contributed by atoms with Gasteiger partial charge >= 0.3 is 0 Å². The third-order valence-corrected chi connectivity index (χ3v) is 5.29. The van der Waals surface area contributed by atoms with Gasteiger partial charge in [-0.3, -0.25) is 0 Å². The number of hydrogen-bond acceptors (Lipinski definition) is 0. The Morgan fingerprint density at radius 3 is 2.29 bits per heavy atom. The van der Waals surface area contributed by atoms with E-state index in [2.05, 4.69) is 59.2 Å². The molecule has 0 bridgehead atoms. The van der Waals surface area contributed by atoms with Crippen molar-refractivity contribution in [2.75, 3.05) is 6.66 Å². The van der Waals surface area contributed by atoms with Gasteiger partial charge in [-0.15, -0.1) is 0 Å². The Hall–Kier alpha value is -0.350. The van der Waals surface area contributed by atoms with E-state index in [1.165, 1.54) is 5.31 Å². The highest BCUT2D eigenvalue weighted by Crippen LogP contribution is 2.53. The van der Waals surface area contributed by atoms with Gasteiger partial charge in [-0.1, -0.05) is 66.5 Å². The molecule has 0 saturated carbocycles. The predicted molar refractivity (Wildman–Crippen MR) is 70.3 cm³/mol. The zero-order valence-corrected chi connectivity index (χ0v) is 11.1. The molecule has 0 aromatic heterocycles. The second-order valence-electron chi connectivity index (χ2n) is 4.37. The Balaban J connectivity index is 4.76. The molecule has 0 N–H and O–H groups in total. The first kappa shape index (κ1) is 13.7. The molecular weight excluding hydrogens is 187 g/mol. The topological polar surface area (TPSA) is 0 Å². The molecule has 0 amide bonds. The van der Waals surface area contributed by atoms with E-state index in [1.54, 1.807) is 0 Å². The fourth-order valence-electron chi connectivity index (χ4n) is 1.03.